The van der Waals surface area contributed by atoms with E-state index in [-0.39, 0.29) is 6.04 Å². The van der Waals surface area contributed by atoms with E-state index in [0.29, 0.717) is 25.9 Å². The number of nitrogens with one attached hydrogen (secondary N) is 1. The lowest BCUT2D eigenvalue weighted by molar-refractivity contribution is -0.147. The third-order valence-corrected chi connectivity index (χ3v) is 4.00. The second kappa shape index (κ2) is 6.12. The fourth-order valence-electron chi connectivity index (χ4n) is 2.93. The number of halogens is 3. The Kier molecular flexibility index (Phi) is 4.20. The van der Waals surface area contributed by atoms with Crippen LogP contribution < -0.4 is 5.32 Å². The van der Waals surface area contributed by atoms with E-state index in [1.807, 2.05) is 30.3 Å². The van der Waals surface area contributed by atoms with Crippen molar-refractivity contribution in [2.24, 2.45) is 0 Å². The van der Waals surface area contributed by atoms with Gasteiger partial charge in [-0.3, -0.25) is 9.88 Å². The summed E-state index contributed by atoms with van der Waals surface area (Å²) >= 11 is 0. The van der Waals surface area contributed by atoms with Gasteiger partial charge in [0.2, 0.25) is 0 Å². The van der Waals surface area contributed by atoms with Gasteiger partial charge in [-0.2, -0.15) is 13.2 Å². The van der Waals surface area contributed by atoms with Crippen molar-refractivity contribution >= 4 is 16.6 Å². The van der Waals surface area contributed by atoms with Gasteiger partial charge in [0.15, 0.2) is 0 Å². The van der Waals surface area contributed by atoms with Gasteiger partial charge in [0, 0.05) is 36.4 Å². The van der Waals surface area contributed by atoms with Gasteiger partial charge in [-0.15, -0.1) is 0 Å². The SMILES string of the molecule is FC(F)(F)CN1CCC(Nc2ccnc3ccccc23)CC1. The zero-order valence-electron chi connectivity index (χ0n) is 12.1. The number of benzene rings is 1. The molecule has 2 heterocycles. The number of piperidine rings is 1. The molecule has 2 aromatic rings. The molecule has 0 bridgehead atoms. The van der Waals surface area contributed by atoms with Gasteiger partial charge < -0.3 is 5.32 Å². The van der Waals surface area contributed by atoms with Crippen LogP contribution in [-0.4, -0.2) is 41.7 Å². The zero-order chi connectivity index (χ0) is 15.6. The van der Waals surface area contributed by atoms with Crippen LogP contribution >= 0.6 is 0 Å². The molecule has 1 aromatic heterocycles. The zero-order valence-corrected chi connectivity index (χ0v) is 12.1. The highest BCUT2D eigenvalue weighted by atomic mass is 19.4. The van der Waals surface area contributed by atoms with Crippen molar-refractivity contribution in [3.8, 4) is 0 Å². The number of likely N-dealkylation sites (tertiary alicyclic amines) is 1. The Labute approximate surface area is 127 Å². The van der Waals surface area contributed by atoms with Crippen LogP contribution in [0.15, 0.2) is 36.5 Å². The second-order valence-electron chi connectivity index (χ2n) is 5.69. The maximum atomic E-state index is 12.4. The van der Waals surface area contributed by atoms with Crippen LogP contribution in [-0.2, 0) is 0 Å². The average molecular weight is 309 g/mol. The summed E-state index contributed by atoms with van der Waals surface area (Å²) in [5.41, 5.74) is 1.92. The summed E-state index contributed by atoms with van der Waals surface area (Å²) < 4.78 is 37.2. The molecule has 1 aliphatic heterocycles. The summed E-state index contributed by atoms with van der Waals surface area (Å²) in [4.78, 5) is 5.79. The van der Waals surface area contributed by atoms with Crippen LogP contribution in [0.3, 0.4) is 0 Å². The molecule has 0 radical (unpaired) electrons. The molecule has 3 rings (SSSR count). The monoisotopic (exact) mass is 309 g/mol. The highest BCUT2D eigenvalue weighted by Gasteiger charge is 2.32. The first-order valence-corrected chi connectivity index (χ1v) is 7.41. The molecule has 1 fully saturated rings. The number of aromatic nitrogens is 1. The van der Waals surface area contributed by atoms with E-state index in [1.165, 1.54) is 4.90 Å². The summed E-state index contributed by atoms with van der Waals surface area (Å²) in [5, 5.41) is 4.50. The number of rotatable bonds is 3. The smallest absolute Gasteiger partial charge is 0.382 e. The molecule has 0 amide bonds. The van der Waals surface area contributed by atoms with Crippen LogP contribution in [0.2, 0.25) is 0 Å². The predicted octanol–water partition coefficient (Wildman–Crippen LogP) is 3.67. The molecule has 0 saturated carbocycles. The maximum absolute atomic E-state index is 12.4. The first-order chi connectivity index (χ1) is 10.5. The number of nitrogens with zero attached hydrogens (tertiary/aromatic N) is 2. The molecule has 118 valence electrons. The highest BCUT2D eigenvalue weighted by Crippen LogP contribution is 2.25. The van der Waals surface area contributed by atoms with Crippen molar-refractivity contribution in [1.82, 2.24) is 9.88 Å². The number of fused-ring (bicyclic) bond motifs is 1. The second-order valence-corrected chi connectivity index (χ2v) is 5.69. The minimum absolute atomic E-state index is 0.204. The van der Waals surface area contributed by atoms with Crippen LogP contribution in [0, 0.1) is 0 Å². The molecule has 0 aliphatic carbocycles. The molecule has 1 aliphatic rings. The quantitative estimate of drug-likeness (QED) is 0.937. The third kappa shape index (κ3) is 3.68. The Morgan fingerprint density at radius 3 is 2.59 bits per heavy atom. The fourth-order valence-corrected chi connectivity index (χ4v) is 2.93. The standard InChI is InChI=1S/C16H18F3N3/c17-16(18,19)11-22-9-6-12(7-10-22)21-15-5-8-20-14-4-2-1-3-13(14)15/h1-5,8,12H,6-7,9-11H2,(H,20,21). The lowest BCUT2D eigenvalue weighted by Crippen LogP contribution is -2.43. The van der Waals surface area contributed by atoms with Crippen molar-refractivity contribution in [1.29, 1.82) is 0 Å². The lowest BCUT2D eigenvalue weighted by Gasteiger charge is -2.33. The first kappa shape index (κ1) is 15.1. The Bertz CT molecular complexity index is 629. The summed E-state index contributed by atoms with van der Waals surface area (Å²) in [7, 11) is 0. The summed E-state index contributed by atoms with van der Waals surface area (Å²) in [6.45, 7) is 0.137. The molecular formula is C16H18F3N3. The largest absolute Gasteiger partial charge is 0.401 e. The Balaban J connectivity index is 1.63. The van der Waals surface area contributed by atoms with Gasteiger partial charge in [0.05, 0.1) is 12.1 Å². The van der Waals surface area contributed by atoms with Gasteiger partial charge in [-0.1, -0.05) is 18.2 Å². The van der Waals surface area contributed by atoms with Gasteiger partial charge in [0.25, 0.3) is 0 Å². The molecule has 6 heteroatoms. The van der Waals surface area contributed by atoms with E-state index in [2.05, 4.69) is 10.3 Å². The van der Waals surface area contributed by atoms with Gasteiger partial charge in [0.1, 0.15) is 0 Å². The number of hydrogen-bond acceptors (Lipinski definition) is 3. The summed E-state index contributed by atoms with van der Waals surface area (Å²) in [5.74, 6) is 0. The van der Waals surface area contributed by atoms with Crippen molar-refractivity contribution in [3.05, 3.63) is 36.5 Å². The molecule has 1 N–H and O–H groups in total. The van der Waals surface area contributed by atoms with E-state index in [9.17, 15) is 13.2 Å². The van der Waals surface area contributed by atoms with Gasteiger partial charge in [-0.25, -0.2) is 0 Å². The van der Waals surface area contributed by atoms with Crippen LogP contribution in [0.1, 0.15) is 12.8 Å². The molecule has 3 nitrogen and oxygen atoms in total. The molecule has 0 unspecified atom stereocenters. The van der Waals surface area contributed by atoms with Crippen molar-refractivity contribution in [3.63, 3.8) is 0 Å². The number of para-hydroxylation sites is 1. The average Bonchev–Trinajstić information content (AvgIpc) is 2.48. The molecule has 22 heavy (non-hydrogen) atoms. The lowest BCUT2D eigenvalue weighted by atomic mass is 10.0. The predicted molar refractivity (Wildman–Crippen MR) is 80.9 cm³/mol. The normalized spacial score (nSPS) is 17.8. The molecule has 1 aromatic carbocycles. The molecular weight excluding hydrogens is 291 g/mol. The van der Waals surface area contributed by atoms with E-state index in [0.717, 1.165) is 16.6 Å². The van der Waals surface area contributed by atoms with E-state index >= 15 is 0 Å². The summed E-state index contributed by atoms with van der Waals surface area (Å²) in [6, 6.07) is 9.98. The van der Waals surface area contributed by atoms with Crippen molar-refractivity contribution in [2.75, 3.05) is 25.0 Å². The number of pyridine rings is 1. The van der Waals surface area contributed by atoms with E-state index in [1.54, 1.807) is 6.20 Å². The topological polar surface area (TPSA) is 28.2 Å². The third-order valence-electron chi connectivity index (χ3n) is 4.00. The summed E-state index contributed by atoms with van der Waals surface area (Å²) in [6.07, 6.45) is -0.926. The number of hydrogen-bond donors (Lipinski definition) is 1. The highest BCUT2D eigenvalue weighted by molar-refractivity contribution is 5.90. The van der Waals surface area contributed by atoms with Gasteiger partial charge in [-0.05, 0) is 25.0 Å². The Hall–Kier alpha value is -1.82. The minimum atomic E-state index is -4.11. The fraction of sp³-hybridized carbons (Fsp3) is 0.438. The number of anilines is 1. The Morgan fingerprint density at radius 2 is 1.86 bits per heavy atom. The van der Waals surface area contributed by atoms with Crippen molar-refractivity contribution < 1.29 is 13.2 Å². The number of alkyl halides is 3. The van der Waals surface area contributed by atoms with E-state index in [4.69, 9.17) is 0 Å². The maximum Gasteiger partial charge on any atom is 0.401 e. The first-order valence-electron chi connectivity index (χ1n) is 7.41. The minimum Gasteiger partial charge on any atom is -0.382 e. The van der Waals surface area contributed by atoms with Gasteiger partial charge >= 0.3 is 6.18 Å². The molecule has 0 atom stereocenters. The Morgan fingerprint density at radius 1 is 1.14 bits per heavy atom. The van der Waals surface area contributed by atoms with Crippen LogP contribution in [0.4, 0.5) is 18.9 Å². The van der Waals surface area contributed by atoms with Crippen LogP contribution in [0.25, 0.3) is 10.9 Å². The molecule has 1 saturated heterocycles. The van der Waals surface area contributed by atoms with E-state index < -0.39 is 12.7 Å². The van der Waals surface area contributed by atoms with Crippen molar-refractivity contribution in [2.45, 2.75) is 25.1 Å². The molecule has 0 spiro atoms. The van der Waals surface area contributed by atoms with Crippen LogP contribution in [0.5, 0.6) is 0 Å².